The second-order valence-electron chi connectivity index (χ2n) is 3.74. The Morgan fingerprint density at radius 3 is 3.12 bits per heavy atom. The smallest absolute Gasteiger partial charge is 0.234 e. The highest BCUT2D eigenvalue weighted by Crippen LogP contribution is 2.22. The van der Waals surface area contributed by atoms with E-state index in [1.54, 1.807) is 17.3 Å². The van der Waals surface area contributed by atoms with Crippen LogP contribution in [-0.2, 0) is 4.79 Å². The quantitative estimate of drug-likeness (QED) is 0.701. The third-order valence-electron chi connectivity index (χ3n) is 2.33. The summed E-state index contributed by atoms with van der Waals surface area (Å²) in [6.07, 6.45) is 3.07. The van der Waals surface area contributed by atoms with E-state index < -0.39 is 0 Å². The van der Waals surface area contributed by atoms with E-state index >= 15 is 0 Å². The number of aromatic nitrogens is 2. The number of primary amides is 1. The number of nitrogens with two attached hydrogens (primary N) is 1. The summed E-state index contributed by atoms with van der Waals surface area (Å²) >= 11 is 3.13. The van der Waals surface area contributed by atoms with E-state index in [1.165, 1.54) is 11.3 Å². The lowest BCUT2D eigenvalue weighted by atomic mass is 10.2. The van der Waals surface area contributed by atoms with Gasteiger partial charge in [0.05, 0.1) is 6.04 Å². The molecule has 1 amide bonds. The molecule has 1 unspecified atom stereocenters. The summed E-state index contributed by atoms with van der Waals surface area (Å²) < 4.78 is 0.939. The molecule has 0 aliphatic heterocycles. The Morgan fingerprint density at radius 2 is 2.56 bits per heavy atom. The second kappa shape index (κ2) is 5.60. The van der Waals surface area contributed by atoms with Crippen LogP contribution in [0.25, 0.3) is 0 Å². The minimum Gasteiger partial charge on any atom is -0.368 e. The van der Waals surface area contributed by atoms with Crippen molar-refractivity contribution in [3.05, 3.63) is 5.51 Å². The summed E-state index contributed by atoms with van der Waals surface area (Å²) in [5, 5.41) is 10.9. The van der Waals surface area contributed by atoms with Crippen molar-refractivity contribution >= 4 is 29.0 Å². The molecule has 1 fully saturated rings. The number of hydrogen-bond acceptors (Lipinski definition) is 6. The summed E-state index contributed by atoms with van der Waals surface area (Å²) in [7, 11) is 0. The van der Waals surface area contributed by atoms with Crippen molar-refractivity contribution in [2.45, 2.75) is 35.7 Å². The van der Waals surface area contributed by atoms with Crippen molar-refractivity contribution in [3.63, 3.8) is 0 Å². The van der Waals surface area contributed by atoms with E-state index in [0.717, 1.165) is 29.4 Å². The highest BCUT2D eigenvalue weighted by molar-refractivity contribution is 8.00. The second-order valence-corrected chi connectivity index (χ2v) is 5.91. The summed E-state index contributed by atoms with van der Waals surface area (Å²) in [6.45, 7) is 0. The van der Waals surface area contributed by atoms with E-state index in [-0.39, 0.29) is 11.9 Å². The van der Waals surface area contributed by atoms with Crippen molar-refractivity contribution in [3.8, 4) is 0 Å². The van der Waals surface area contributed by atoms with E-state index in [2.05, 4.69) is 15.5 Å². The topological polar surface area (TPSA) is 80.9 Å². The summed E-state index contributed by atoms with van der Waals surface area (Å²) in [6, 6.07) is 0.303. The molecule has 1 aromatic heterocycles. The zero-order chi connectivity index (χ0) is 11.4. The molecule has 1 atom stereocenters. The van der Waals surface area contributed by atoms with Gasteiger partial charge in [-0.1, -0.05) is 23.1 Å². The van der Waals surface area contributed by atoms with Crippen LogP contribution in [0.2, 0.25) is 0 Å². The first-order valence-corrected chi connectivity index (χ1v) is 7.06. The van der Waals surface area contributed by atoms with Gasteiger partial charge in [0.25, 0.3) is 0 Å². The Hall–Kier alpha value is -0.660. The molecule has 0 bridgehead atoms. The first kappa shape index (κ1) is 11.8. The van der Waals surface area contributed by atoms with Crippen LogP contribution in [0.5, 0.6) is 0 Å². The van der Waals surface area contributed by atoms with Gasteiger partial charge in [-0.05, 0) is 19.3 Å². The third-order valence-corrected chi connectivity index (χ3v) is 4.22. The van der Waals surface area contributed by atoms with Gasteiger partial charge in [0.15, 0.2) is 4.34 Å². The van der Waals surface area contributed by atoms with Crippen LogP contribution in [0, 0.1) is 0 Å². The molecular formula is C9H14N4OS2. The Labute approximate surface area is 102 Å². The van der Waals surface area contributed by atoms with Gasteiger partial charge in [0, 0.05) is 11.8 Å². The number of amides is 1. The number of hydrogen-bond donors (Lipinski definition) is 2. The molecule has 88 valence electrons. The Balaban J connectivity index is 1.70. The number of nitrogens with zero attached hydrogens (tertiary/aromatic N) is 2. The van der Waals surface area contributed by atoms with Gasteiger partial charge >= 0.3 is 0 Å². The largest absolute Gasteiger partial charge is 0.368 e. The van der Waals surface area contributed by atoms with Crippen molar-refractivity contribution < 1.29 is 4.79 Å². The Morgan fingerprint density at radius 1 is 1.75 bits per heavy atom. The molecule has 3 N–H and O–H groups in total. The van der Waals surface area contributed by atoms with Crippen molar-refractivity contribution in [1.82, 2.24) is 15.5 Å². The van der Waals surface area contributed by atoms with Gasteiger partial charge in [-0.15, -0.1) is 10.2 Å². The molecule has 16 heavy (non-hydrogen) atoms. The molecule has 0 aromatic carbocycles. The SMILES string of the molecule is NC(=O)C(CCSc1nncs1)NC1CC1. The summed E-state index contributed by atoms with van der Waals surface area (Å²) in [5.41, 5.74) is 7.04. The lowest BCUT2D eigenvalue weighted by Gasteiger charge is -2.13. The monoisotopic (exact) mass is 258 g/mol. The van der Waals surface area contributed by atoms with Crippen molar-refractivity contribution in [2.75, 3.05) is 5.75 Å². The van der Waals surface area contributed by atoms with Gasteiger partial charge < -0.3 is 11.1 Å². The standard InChI is InChI=1S/C9H14N4OS2/c10-8(14)7(12-6-1-2-6)3-4-15-9-13-11-5-16-9/h5-7,12H,1-4H2,(H2,10,14). The van der Waals surface area contributed by atoms with Crippen LogP contribution >= 0.6 is 23.1 Å². The van der Waals surface area contributed by atoms with E-state index in [4.69, 9.17) is 5.73 Å². The molecule has 1 aliphatic carbocycles. The predicted molar refractivity (Wildman–Crippen MR) is 64.4 cm³/mol. The molecule has 1 saturated carbocycles. The predicted octanol–water partition coefficient (Wildman–Crippen LogP) is 0.626. The van der Waals surface area contributed by atoms with Crippen LogP contribution in [0.4, 0.5) is 0 Å². The number of rotatable bonds is 7. The normalized spacial score (nSPS) is 17.2. The van der Waals surface area contributed by atoms with Crippen molar-refractivity contribution in [2.24, 2.45) is 5.73 Å². The number of carbonyl (C=O) groups excluding carboxylic acids is 1. The fourth-order valence-electron chi connectivity index (χ4n) is 1.33. The maximum absolute atomic E-state index is 11.2. The van der Waals surface area contributed by atoms with Gasteiger partial charge in [-0.2, -0.15) is 0 Å². The Kier molecular flexibility index (Phi) is 4.14. The lowest BCUT2D eigenvalue weighted by molar-refractivity contribution is -0.120. The maximum Gasteiger partial charge on any atom is 0.234 e. The maximum atomic E-state index is 11.2. The van der Waals surface area contributed by atoms with Crippen molar-refractivity contribution in [1.29, 1.82) is 0 Å². The number of carbonyl (C=O) groups is 1. The first-order valence-electron chi connectivity index (χ1n) is 5.20. The fraction of sp³-hybridized carbons (Fsp3) is 0.667. The molecule has 1 aliphatic rings. The van der Waals surface area contributed by atoms with E-state index in [9.17, 15) is 4.79 Å². The average molecular weight is 258 g/mol. The molecule has 5 nitrogen and oxygen atoms in total. The van der Waals surface area contributed by atoms with Gasteiger partial charge in [0.2, 0.25) is 5.91 Å². The van der Waals surface area contributed by atoms with Crippen LogP contribution in [0.15, 0.2) is 9.85 Å². The molecule has 1 heterocycles. The van der Waals surface area contributed by atoms with Gasteiger partial charge in [0.1, 0.15) is 5.51 Å². The fourth-order valence-corrected chi connectivity index (χ4v) is 2.90. The Bertz CT molecular complexity index is 339. The highest BCUT2D eigenvalue weighted by Gasteiger charge is 2.26. The average Bonchev–Trinajstić information content (AvgIpc) is 2.91. The van der Waals surface area contributed by atoms with Gasteiger partial charge in [-0.25, -0.2) is 0 Å². The van der Waals surface area contributed by atoms with Crippen LogP contribution in [0.3, 0.4) is 0 Å². The molecule has 0 radical (unpaired) electrons. The molecule has 0 saturated heterocycles. The zero-order valence-electron chi connectivity index (χ0n) is 8.76. The molecule has 2 rings (SSSR count). The summed E-state index contributed by atoms with van der Waals surface area (Å²) in [4.78, 5) is 11.2. The lowest BCUT2D eigenvalue weighted by Crippen LogP contribution is -2.42. The highest BCUT2D eigenvalue weighted by atomic mass is 32.2. The first-order chi connectivity index (χ1) is 7.75. The van der Waals surface area contributed by atoms with Crippen LogP contribution in [-0.4, -0.2) is 33.9 Å². The van der Waals surface area contributed by atoms with E-state index in [1.807, 2.05) is 0 Å². The van der Waals surface area contributed by atoms with Gasteiger partial charge in [-0.3, -0.25) is 4.79 Å². The molecule has 7 heteroatoms. The number of nitrogens with one attached hydrogen (secondary N) is 1. The molecular weight excluding hydrogens is 244 g/mol. The number of thioether (sulfide) groups is 1. The molecule has 1 aromatic rings. The van der Waals surface area contributed by atoms with Crippen LogP contribution < -0.4 is 11.1 Å². The van der Waals surface area contributed by atoms with E-state index in [0.29, 0.717) is 6.04 Å². The van der Waals surface area contributed by atoms with Crippen LogP contribution in [0.1, 0.15) is 19.3 Å². The minimum atomic E-state index is -0.259. The summed E-state index contributed by atoms with van der Waals surface area (Å²) in [5.74, 6) is 0.576. The zero-order valence-corrected chi connectivity index (χ0v) is 10.4. The minimum absolute atomic E-state index is 0.201. The molecule has 0 spiro atoms. The third kappa shape index (κ3) is 3.73.